The first-order chi connectivity index (χ1) is 10.2. The molecule has 1 atom stereocenters. The van der Waals surface area contributed by atoms with Crippen molar-refractivity contribution >= 4 is 21.6 Å². The molecule has 0 aliphatic carbocycles. The molecule has 0 saturated heterocycles. The molecule has 1 unspecified atom stereocenters. The van der Waals surface area contributed by atoms with Crippen LogP contribution in [-0.2, 0) is 6.42 Å². The number of para-hydroxylation sites is 1. The lowest BCUT2D eigenvalue weighted by Gasteiger charge is -2.15. The highest BCUT2D eigenvalue weighted by atomic mass is 32.1. The van der Waals surface area contributed by atoms with Crippen molar-refractivity contribution in [2.75, 3.05) is 7.05 Å². The van der Waals surface area contributed by atoms with Crippen LogP contribution in [0, 0.1) is 11.6 Å². The number of nitrogens with zero attached hydrogens (tertiary/aromatic N) is 1. The number of halogens is 2. The van der Waals surface area contributed by atoms with Crippen LogP contribution in [0.4, 0.5) is 8.78 Å². The van der Waals surface area contributed by atoms with Gasteiger partial charge in [0.25, 0.3) is 0 Å². The Labute approximate surface area is 125 Å². The predicted molar refractivity (Wildman–Crippen MR) is 81.5 cm³/mol. The molecule has 0 bridgehead atoms. The van der Waals surface area contributed by atoms with E-state index in [9.17, 15) is 8.78 Å². The molecule has 0 fully saturated rings. The SMILES string of the molecule is CNC(Cc1nc2ccccc2s1)c1ccc(F)c(F)c1. The molecule has 3 rings (SSSR count). The van der Waals surface area contributed by atoms with Gasteiger partial charge in [0.1, 0.15) is 0 Å². The summed E-state index contributed by atoms with van der Waals surface area (Å²) in [5.41, 5.74) is 1.69. The minimum Gasteiger partial charge on any atom is -0.313 e. The normalized spacial score (nSPS) is 12.7. The van der Waals surface area contributed by atoms with Crippen molar-refractivity contribution in [1.82, 2.24) is 10.3 Å². The summed E-state index contributed by atoms with van der Waals surface area (Å²) in [4.78, 5) is 4.58. The molecule has 5 heteroatoms. The van der Waals surface area contributed by atoms with Crippen molar-refractivity contribution < 1.29 is 8.78 Å². The van der Waals surface area contributed by atoms with Crippen LogP contribution in [0.25, 0.3) is 10.2 Å². The number of rotatable bonds is 4. The minimum absolute atomic E-state index is 0.0966. The van der Waals surface area contributed by atoms with Gasteiger partial charge in [-0.25, -0.2) is 13.8 Å². The van der Waals surface area contributed by atoms with Gasteiger partial charge in [-0.3, -0.25) is 0 Å². The monoisotopic (exact) mass is 304 g/mol. The summed E-state index contributed by atoms with van der Waals surface area (Å²) in [7, 11) is 1.80. The molecular weight excluding hydrogens is 290 g/mol. The number of nitrogens with one attached hydrogen (secondary N) is 1. The number of thiazole rings is 1. The molecule has 0 radical (unpaired) electrons. The van der Waals surface area contributed by atoms with Crippen molar-refractivity contribution in [2.24, 2.45) is 0 Å². The van der Waals surface area contributed by atoms with E-state index < -0.39 is 11.6 Å². The first kappa shape index (κ1) is 14.1. The summed E-state index contributed by atoms with van der Waals surface area (Å²) in [6, 6.07) is 11.8. The Kier molecular flexibility index (Phi) is 3.94. The van der Waals surface area contributed by atoms with Crippen molar-refractivity contribution in [3.8, 4) is 0 Å². The Morgan fingerprint density at radius 3 is 2.67 bits per heavy atom. The smallest absolute Gasteiger partial charge is 0.159 e. The van der Waals surface area contributed by atoms with Crippen LogP contribution < -0.4 is 5.32 Å². The molecule has 0 saturated carbocycles. The third kappa shape index (κ3) is 2.94. The van der Waals surface area contributed by atoms with Gasteiger partial charge in [-0.1, -0.05) is 18.2 Å². The highest BCUT2D eigenvalue weighted by molar-refractivity contribution is 7.18. The van der Waals surface area contributed by atoms with Crippen LogP contribution in [0.2, 0.25) is 0 Å². The van der Waals surface area contributed by atoms with Gasteiger partial charge in [0.05, 0.1) is 15.2 Å². The van der Waals surface area contributed by atoms with Crippen LogP contribution in [0.15, 0.2) is 42.5 Å². The van der Waals surface area contributed by atoms with Crippen LogP contribution in [0.1, 0.15) is 16.6 Å². The zero-order valence-electron chi connectivity index (χ0n) is 11.4. The van der Waals surface area contributed by atoms with E-state index >= 15 is 0 Å². The molecule has 21 heavy (non-hydrogen) atoms. The molecule has 0 amide bonds. The molecule has 2 nitrogen and oxygen atoms in total. The molecule has 0 aliphatic heterocycles. The van der Waals surface area contributed by atoms with E-state index in [1.165, 1.54) is 6.07 Å². The van der Waals surface area contributed by atoms with Gasteiger partial charge in [-0.05, 0) is 36.9 Å². The van der Waals surface area contributed by atoms with Gasteiger partial charge in [0, 0.05) is 12.5 Å². The second kappa shape index (κ2) is 5.87. The number of likely N-dealkylation sites (N-methyl/N-ethyl adjacent to an activating group) is 1. The fourth-order valence-corrected chi connectivity index (χ4v) is 3.31. The van der Waals surface area contributed by atoms with Crippen LogP contribution in [0.5, 0.6) is 0 Å². The third-order valence-corrected chi connectivity index (χ3v) is 4.47. The summed E-state index contributed by atoms with van der Waals surface area (Å²) in [5, 5.41) is 4.11. The Morgan fingerprint density at radius 1 is 1.14 bits per heavy atom. The number of fused-ring (bicyclic) bond motifs is 1. The maximum atomic E-state index is 13.4. The van der Waals surface area contributed by atoms with Crippen LogP contribution in [-0.4, -0.2) is 12.0 Å². The number of hydrogen-bond acceptors (Lipinski definition) is 3. The first-order valence-corrected chi connectivity index (χ1v) is 7.45. The average molecular weight is 304 g/mol. The highest BCUT2D eigenvalue weighted by Gasteiger charge is 2.15. The van der Waals surface area contributed by atoms with Gasteiger partial charge >= 0.3 is 0 Å². The Hall–Kier alpha value is -1.85. The third-order valence-electron chi connectivity index (χ3n) is 3.41. The summed E-state index contributed by atoms with van der Waals surface area (Å²) < 4.78 is 27.5. The molecule has 1 N–H and O–H groups in total. The molecule has 2 aromatic carbocycles. The fraction of sp³-hybridized carbons (Fsp3) is 0.188. The Bertz CT molecular complexity index is 737. The molecule has 3 aromatic rings. The molecule has 0 spiro atoms. The van der Waals surface area contributed by atoms with Crippen molar-refractivity contribution in [3.63, 3.8) is 0 Å². The van der Waals surface area contributed by atoms with Crippen molar-refractivity contribution in [2.45, 2.75) is 12.5 Å². The minimum atomic E-state index is -0.825. The molecule has 108 valence electrons. The molecule has 0 aliphatic rings. The first-order valence-electron chi connectivity index (χ1n) is 6.64. The quantitative estimate of drug-likeness (QED) is 0.785. The van der Waals surface area contributed by atoms with Gasteiger partial charge in [-0.2, -0.15) is 0 Å². The average Bonchev–Trinajstić information content (AvgIpc) is 2.90. The topological polar surface area (TPSA) is 24.9 Å². The maximum Gasteiger partial charge on any atom is 0.159 e. The van der Waals surface area contributed by atoms with Gasteiger partial charge in [0.2, 0.25) is 0 Å². The van der Waals surface area contributed by atoms with E-state index in [0.29, 0.717) is 6.42 Å². The second-order valence-electron chi connectivity index (χ2n) is 4.79. The molecule has 1 aromatic heterocycles. The van der Waals surface area contributed by atoms with Gasteiger partial charge in [0.15, 0.2) is 11.6 Å². The lowest BCUT2D eigenvalue weighted by atomic mass is 10.0. The standard InChI is InChI=1S/C16H14F2N2S/c1-19-14(10-6-7-11(17)12(18)8-10)9-16-20-13-4-2-3-5-15(13)21-16/h2-8,14,19H,9H2,1H3. The summed E-state index contributed by atoms with van der Waals surface area (Å²) >= 11 is 1.62. The van der Waals surface area contributed by atoms with E-state index in [-0.39, 0.29) is 6.04 Å². The highest BCUT2D eigenvalue weighted by Crippen LogP contribution is 2.26. The van der Waals surface area contributed by atoms with Gasteiger partial charge in [-0.15, -0.1) is 11.3 Å². The van der Waals surface area contributed by atoms with Crippen LogP contribution in [0.3, 0.4) is 0 Å². The van der Waals surface area contributed by atoms with E-state index in [1.807, 2.05) is 24.3 Å². The van der Waals surface area contributed by atoms with Crippen LogP contribution >= 0.6 is 11.3 Å². The van der Waals surface area contributed by atoms with E-state index in [0.717, 1.165) is 26.9 Å². The second-order valence-corrected chi connectivity index (χ2v) is 5.91. The van der Waals surface area contributed by atoms with Crippen molar-refractivity contribution in [3.05, 3.63) is 64.7 Å². The number of aromatic nitrogens is 1. The Morgan fingerprint density at radius 2 is 1.95 bits per heavy atom. The van der Waals surface area contributed by atoms with E-state index in [4.69, 9.17) is 0 Å². The fourth-order valence-electron chi connectivity index (χ4n) is 2.30. The Balaban J connectivity index is 1.88. The zero-order chi connectivity index (χ0) is 14.8. The summed E-state index contributed by atoms with van der Waals surface area (Å²) in [6.45, 7) is 0. The molecular formula is C16H14F2N2S. The maximum absolute atomic E-state index is 13.4. The predicted octanol–water partition coefficient (Wildman–Crippen LogP) is 4.08. The lowest BCUT2D eigenvalue weighted by molar-refractivity contribution is 0.501. The van der Waals surface area contributed by atoms with Crippen molar-refractivity contribution in [1.29, 1.82) is 0 Å². The molecule has 1 heterocycles. The van der Waals surface area contributed by atoms with E-state index in [2.05, 4.69) is 10.3 Å². The largest absolute Gasteiger partial charge is 0.313 e. The number of hydrogen-bond donors (Lipinski definition) is 1. The zero-order valence-corrected chi connectivity index (χ0v) is 12.3. The number of benzene rings is 2. The lowest BCUT2D eigenvalue weighted by Crippen LogP contribution is -2.19. The van der Waals surface area contributed by atoms with E-state index in [1.54, 1.807) is 24.5 Å². The summed E-state index contributed by atoms with van der Waals surface area (Å²) in [5.74, 6) is -1.65. The summed E-state index contributed by atoms with van der Waals surface area (Å²) in [6.07, 6.45) is 0.640. The van der Waals surface area contributed by atoms with Gasteiger partial charge < -0.3 is 5.32 Å².